The van der Waals surface area contributed by atoms with Crippen molar-refractivity contribution < 1.29 is 18.3 Å². The summed E-state index contributed by atoms with van der Waals surface area (Å²) in [6.45, 7) is 0. The number of hydrogen-bond donors (Lipinski definition) is 0. The van der Waals surface area contributed by atoms with Gasteiger partial charge in [0.25, 0.3) is 11.7 Å². The highest BCUT2D eigenvalue weighted by atomic mass is 35.5. The Balaban J connectivity index is 3.32. The third-order valence-electron chi connectivity index (χ3n) is 1.58. The number of methoxy groups -OCH3 is 1. The van der Waals surface area contributed by atoms with Crippen molar-refractivity contribution in [3.8, 4) is 5.75 Å². The van der Waals surface area contributed by atoms with Crippen LogP contribution in [0.15, 0.2) is 12.4 Å². The number of halogens is 3. The van der Waals surface area contributed by atoms with E-state index >= 15 is 0 Å². The molecule has 1 aromatic heterocycles. The van der Waals surface area contributed by atoms with Crippen LogP contribution in [-0.2, 0) is 0 Å². The van der Waals surface area contributed by atoms with Gasteiger partial charge < -0.3 is 4.74 Å². The van der Waals surface area contributed by atoms with Crippen LogP contribution in [0.5, 0.6) is 5.75 Å². The molecule has 0 fully saturated rings. The lowest BCUT2D eigenvalue weighted by Crippen LogP contribution is -2.01. The molecule has 1 rings (SSSR count). The molecule has 76 valence electrons. The van der Waals surface area contributed by atoms with Gasteiger partial charge in [-0.25, -0.2) is 8.78 Å². The Bertz CT molecular complexity index is 357. The van der Waals surface area contributed by atoms with Gasteiger partial charge in [0.1, 0.15) is 5.75 Å². The van der Waals surface area contributed by atoms with Crippen LogP contribution in [0.2, 0.25) is 0 Å². The number of hydrogen-bond acceptors (Lipinski definition) is 3. The second kappa shape index (κ2) is 4.32. The van der Waals surface area contributed by atoms with E-state index in [4.69, 9.17) is 11.6 Å². The Morgan fingerprint density at radius 3 is 2.64 bits per heavy atom. The first-order valence-corrected chi connectivity index (χ1v) is 3.95. The lowest BCUT2D eigenvalue weighted by molar-refractivity contribution is 0.107. The number of pyridine rings is 1. The van der Waals surface area contributed by atoms with Crippen molar-refractivity contribution in [1.29, 1.82) is 0 Å². The number of carbonyl (C=O) groups is 1. The maximum atomic E-state index is 12.4. The number of alkyl halides is 2. The summed E-state index contributed by atoms with van der Waals surface area (Å²) in [5, 5.41) is -0.878. The molecule has 0 atom stereocenters. The van der Waals surface area contributed by atoms with Gasteiger partial charge in [-0.15, -0.1) is 0 Å². The first kappa shape index (κ1) is 10.8. The predicted molar refractivity (Wildman–Crippen MR) is 45.9 cm³/mol. The molecule has 14 heavy (non-hydrogen) atoms. The molecule has 0 amide bonds. The molecule has 0 aromatic carbocycles. The number of ether oxygens (including phenoxy) is 1. The van der Waals surface area contributed by atoms with Crippen LogP contribution in [0, 0.1) is 0 Å². The molecular weight excluding hydrogens is 216 g/mol. The standard InChI is InChI=1S/C8H6ClF2NO2/c1-14-6-4(7(9)13)2-12-3-5(6)8(10)11/h2-3,8H,1H3. The quantitative estimate of drug-likeness (QED) is 0.736. The lowest BCUT2D eigenvalue weighted by Gasteiger charge is -2.09. The Labute approximate surface area is 83.7 Å². The minimum absolute atomic E-state index is 0.160. The zero-order valence-corrected chi connectivity index (χ0v) is 7.89. The van der Waals surface area contributed by atoms with Crippen molar-refractivity contribution in [3.05, 3.63) is 23.5 Å². The van der Waals surface area contributed by atoms with Crippen LogP contribution in [0.25, 0.3) is 0 Å². The van der Waals surface area contributed by atoms with E-state index in [9.17, 15) is 13.6 Å². The summed E-state index contributed by atoms with van der Waals surface area (Å²) >= 11 is 5.16. The van der Waals surface area contributed by atoms with Crippen LogP contribution >= 0.6 is 11.6 Å². The third kappa shape index (κ3) is 1.98. The minimum atomic E-state index is -2.76. The second-order valence-electron chi connectivity index (χ2n) is 2.38. The molecule has 0 saturated carbocycles. The number of nitrogens with zero attached hydrogens (tertiary/aromatic N) is 1. The van der Waals surface area contributed by atoms with E-state index in [1.165, 1.54) is 7.11 Å². The van der Waals surface area contributed by atoms with Crippen LogP contribution in [0.4, 0.5) is 8.78 Å². The molecule has 0 N–H and O–H groups in total. The zero-order valence-electron chi connectivity index (χ0n) is 7.13. The molecule has 3 nitrogen and oxygen atoms in total. The van der Waals surface area contributed by atoms with Crippen LogP contribution < -0.4 is 4.74 Å². The maximum Gasteiger partial charge on any atom is 0.268 e. The van der Waals surface area contributed by atoms with E-state index in [1.807, 2.05) is 0 Å². The molecule has 0 aliphatic carbocycles. The smallest absolute Gasteiger partial charge is 0.268 e. The van der Waals surface area contributed by atoms with Gasteiger partial charge in [0, 0.05) is 12.4 Å². The van der Waals surface area contributed by atoms with Gasteiger partial charge in [-0.3, -0.25) is 9.78 Å². The van der Waals surface area contributed by atoms with Crippen LogP contribution in [0.1, 0.15) is 22.3 Å². The summed E-state index contributed by atoms with van der Waals surface area (Å²) in [6.07, 6.45) is -0.735. The SMILES string of the molecule is COc1c(C(=O)Cl)cncc1C(F)F. The molecule has 0 aliphatic rings. The van der Waals surface area contributed by atoms with E-state index in [0.717, 1.165) is 12.4 Å². The fourth-order valence-electron chi connectivity index (χ4n) is 0.988. The zero-order chi connectivity index (χ0) is 10.7. The molecule has 0 radical (unpaired) electrons. The van der Waals surface area contributed by atoms with Gasteiger partial charge in [0.2, 0.25) is 0 Å². The van der Waals surface area contributed by atoms with Crippen LogP contribution in [-0.4, -0.2) is 17.3 Å². The molecule has 1 aromatic rings. The average Bonchev–Trinajstić information content (AvgIpc) is 2.16. The van der Waals surface area contributed by atoms with Crippen molar-refractivity contribution in [1.82, 2.24) is 4.98 Å². The van der Waals surface area contributed by atoms with Gasteiger partial charge in [-0.2, -0.15) is 0 Å². The fraction of sp³-hybridized carbons (Fsp3) is 0.250. The van der Waals surface area contributed by atoms with Gasteiger partial charge in [-0.1, -0.05) is 0 Å². The first-order valence-electron chi connectivity index (χ1n) is 3.57. The summed E-state index contributed by atoms with van der Waals surface area (Å²) in [5.41, 5.74) is -0.606. The molecule has 0 spiro atoms. The minimum Gasteiger partial charge on any atom is -0.495 e. The Hall–Kier alpha value is -1.23. The number of aromatic nitrogens is 1. The number of rotatable bonds is 3. The molecular formula is C8H6ClF2NO2. The Morgan fingerprint density at radius 1 is 1.57 bits per heavy atom. The summed E-state index contributed by atoms with van der Waals surface area (Å²) in [5.74, 6) is -0.227. The van der Waals surface area contributed by atoms with E-state index in [1.54, 1.807) is 0 Å². The van der Waals surface area contributed by atoms with Gasteiger partial charge in [0.05, 0.1) is 18.2 Å². The summed E-state index contributed by atoms with van der Waals surface area (Å²) in [7, 11) is 1.19. The normalized spacial score (nSPS) is 10.4. The third-order valence-corrected chi connectivity index (χ3v) is 1.78. The second-order valence-corrected chi connectivity index (χ2v) is 2.73. The maximum absolute atomic E-state index is 12.4. The monoisotopic (exact) mass is 221 g/mol. The molecule has 0 bridgehead atoms. The highest BCUT2D eigenvalue weighted by Gasteiger charge is 2.20. The van der Waals surface area contributed by atoms with Crippen molar-refractivity contribution in [3.63, 3.8) is 0 Å². The van der Waals surface area contributed by atoms with Crippen molar-refractivity contribution in [2.75, 3.05) is 7.11 Å². The summed E-state index contributed by atoms with van der Waals surface area (Å²) < 4.78 is 29.4. The van der Waals surface area contributed by atoms with Crippen molar-refractivity contribution in [2.45, 2.75) is 6.43 Å². The van der Waals surface area contributed by atoms with E-state index in [0.29, 0.717) is 0 Å². The first-order chi connectivity index (χ1) is 6.57. The highest BCUT2D eigenvalue weighted by molar-refractivity contribution is 6.68. The lowest BCUT2D eigenvalue weighted by atomic mass is 10.2. The van der Waals surface area contributed by atoms with E-state index in [2.05, 4.69) is 9.72 Å². The molecule has 0 saturated heterocycles. The number of carbonyl (C=O) groups excluding carboxylic acids is 1. The average molecular weight is 222 g/mol. The van der Waals surface area contributed by atoms with Crippen LogP contribution in [0.3, 0.4) is 0 Å². The topological polar surface area (TPSA) is 39.2 Å². The molecule has 0 unspecified atom stereocenters. The van der Waals surface area contributed by atoms with Gasteiger partial charge in [-0.05, 0) is 11.6 Å². The van der Waals surface area contributed by atoms with Gasteiger partial charge >= 0.3 is 0 Å². The molecule has 0 aliphatic heterocycles. The Morgan fingerprint density at radius 2 is 2.21 bits per heavy atom. The summed E-state index contributed by atoms with van der Waals surface area (Å²) in [4.78, 5) is 14.3. The van der Waals surface area contributed by atoms with E-state index in [-0.39, 0.29) is 11.3 Å². The predicted octanol–water partition coefficient (Wildman–Crippen LogP) is 2.41. The highest BCUT2D eigenvalue weighted by Crippen LogP contribution is 2.31. The molecule has 6 heteroatoms. The van der Waals surface area contributed by atoms with Crippen molar-refractivity contribution >= 4 is 16.8 Å². The van der Waals surface area contributed by atoms with E-state index < -0.39 is 17.2 Å². The Kier molecular flexibility index (Phi) is 3.35. The molecule has 1 heterocycles. The van der Waals surface area contributed by atoms with Gasteiger partial charge in [0.15, 0.2) is 0 Å². The fourth-order valence-corrected chi connectivity index (χ4v) is 1.12. The largest absolute Gasteiger partial charge is 0.495 e. The van der Waals surface area contributed by atoms with Crippen molar-refractivity contribution in [2.24, 2.45) is 0 Å². The summed E-state index contributed by atoms with van der Waals surface area (Å²) in [6, 6.07) is 0.